The molecular weight excluding hydrogens is 412 g/mol. The van der Waals surface area contributed by atoms with Crippen LogP contribution < -0.4 is 20.5 Å². The van der Waals surface area contributed by atoms with Crippen LogP contribution in [0.2, 0.25) is 0 Å². The van der Waals surface area contributed by atoms with Crippen molar-refractivity contribution in [3.05, 3.63) is 59.2 Å². The number of nitrogens with zero attached hydrogens (tertiary/aromatic N) is 1. The first kappa shape index (κ1) is 24.7. The fourth-order valence-corrected chi connectivity index (χ4v) is 3.85. The lowest BCUT2D eigenvalue weighted by molar-refractivity contribution is 0.191. The fourth-order valence-electron chi connectivity index (χ4n) is 3.26. The predicted octanol–water partition coefficient (Wildman–Crippen LogP) is 3.32. The molecule has 0 saturated heterocycles. The summed E-state index contributed by atoms with van der Waals surface area (Å²) in [5.74, 6) is 2.04. The smallest absolute Gasteiger partial charge is 0.238 e. The zero-order valence-corrected chi connectivity index (χ0v) is 19.8. The van der Waals surface area contributed by atoms with E-state index in [4.69, 9.17) is 9.88 Å². The number of primary sulfonamides is 1. The van der Waals surface area contributed by atoms with E-state index in [-0.39, 0.29) is 11.0 Å². The molecule has 2 aromatic carbocycles. The molecule has 0 fully saturated rings. The lowest BCUT2D eigenvalue weighted by Crippen LogP contribution is -2.36. The van der Waals surface area contributed by atoms with Crippen molar-refractivity contribution in [3.8, 4) is 5.75 Å². The van der Waals surface area contributed by atoms with Crippen molar-refractivity contribution in [2.45, 2.75) is 58.2 Å². The Morgan fingerprint density at radius 1 is 1.10 bits per heavy atom. The van der Waals surface area contributed by atoms with Crippen LogP contribution in [0, 0.1) is 12.8 Å². The first-order valence-corrected chi connectivity index (χ1v) is 12.0. The number of hydrogen-bond donors (Lipinski definition) is 3. The number of nitrogens with two attached hydrogens (primary N) is 1. The van der Waals surface area contributed by atoms with Crippen LogP contribution in [0.25, 0.3) is 0 Å². The molecule has 8 heteroatoms. The van der Waals surface area contributed by atoms with Crippen molar-refractivity contribution in [2.24, 2.45) is 16.0 Å². The molecule has 2 rings (SSSR count). The monoisotopic (exact) mass is 446 g/mol. The maximum Gasteiger partial charge on any atom is 0.238 e. The van der Waals surface area contributed by atoms with Gasteiger partial charge in [0.1, 0.15) is 5.75 Å². The number of aliphatic imine (C=N–C) groups is 1. The minimum atomic E-state index is -3.73. The van der Waals surface area contributed by atoms with Gasteiger partial charge in [-0.1, -0.05) is 38.1 Å². The molecule has 0 aliphatic heterocycles. The Bertz CT molecular complexity index is 1000. The van der Waals surface area contributed by atoms with E-state index >= 15 is 0 Å². The van der Waals surface area contributed by atoms with Crippen LogP contribution in [0.15, 0.2) is 52.4 Å². The Labute approximate surface area is 186 Å². The minimum absolute atomic E-state index is 0.0895. The van der Waals surface area contributed by atoms with Gasteiger partial charge < -0.3 is 15.4 Å². The fraction of sp³-hybridized carbons (Fsp3) is 0.435. The second-order valence-electron chi connectivity index (χ2n) is 8.14. The van der Waals surface area contributed by atoms with Crippen LogP contribution >= 0.6 is 0 Å². The summed E-state index contributed by atoms with van der Waals surface area (Å²) < 4.78 is 29.3. The number of rotatable bonds is 9. The SMILES string of the molecule is CN=C(NCc1cccc(S(N)(=O)=O)c1)NCc1ccc(C)cc1OC(C)CC(C)C. The second kappa shape index (κ2) is 11.2. The topological polar surface area (TPSA) is 106 Å². The van der Waals surface area contributed by atoms with E-state index in [0.29, 0.717) is 25.0 Å². The van der Waals surface area contributed by atoms with E-state index in [0.717, 1.165) is 28.9 Å². The molecule has 1 unspecified atom stereocenters. The number of hydrogen-bond acceptors (Lipinski definition) is 4. The van der Waals surface area contributed by atoms with Crippen LogP contribution in [0.1, 0.15) is 43.9 Å². The number of sulfonamides is 1. The van der Waals surface area contributed by atoms with Crippen molar-refractivity contribution < 1.29 is 13.2 Å². The zero-order valence-electron chi connectivity index (χ0n) is 19.0. The molecule has 1 atom stereocenters. The number of ether oxygens (including phenoxy) is 1. The average molecular weight is 447 g/mol. The van der Waals surface area contributed by atoms with Crippen molar-refractivity contribution in [2.75, 3.05) is 7.05 Å². The van der Waals surface area contributed by atoms with Gasteiger partial charge in [-0.25, -0.2) is 13.6 Å². The van der Waals surface area contributed by atoms with Gasteiger partial charge in [-0.05, 0) is 55.5 Å². The van der Waals surface area contributed by atoms with Crippen LogP contribution in [-0.2, 0) is 23.1 Å². The van der Waals surface area contributed by atoms with Gasteiger partial charge in [0.15, 0.2) is 5.96 Å². The molecule has 170 valence electrons. The first-order valence-electron chi connectivity index (χ1n) is 10.4. The maximum absolute atomic E-state index is 11.5. The lowest BCUT2D eigenvalue weighted by atomic mass is 10.1. The van der Waals surface area contributed by atoms with Gasteiger partial charge in [0.2, 0.25) is 10.0 Å². The molecular formula is C23H34N4O3S. The van der Waals surface area contributed by atoms with Crippen molar-refractivity contribution in [1.29, 1.82) is 0 Å². The van der Waals surface area contributed by atoms with Gasteiger partial charge >= 0.3 is 0 Å². The number of benzene rings is 2. The molecule has 0 amide bonds. The van der Waals surface area contributed by atoms with Gasteiger partial charge in [-0.2, -0.15) is 0 Å². The molecule has 0 aliphatic rings. The van der Waals surface area contributed by atoms with E-state index < -0.39 is 10.0 Å². The Kier molecular flexibility index (Phi) is 8.88. The zero-order chi connectivity index (χ0) is 23.0. The molecule has 0 bridgehead atoms. The van der Waals surface area contributed by atoms with Gasteiger partial charge in [-0.15, -0.1) is 0 Å². The number of aryl methyl sites for hydroxylation is 1. The Morgan fingerprint density at radius 3 is 2.45 bits per heavy atom. The molecule has 0 aromatic heterocycles. The summed E-state index contributed by atoms with van der Waals surface area (Å²) in [6.45, 7) is 9.47. The Morgan fingerprint density at radius 2 is 1.81 bits per heavy atom. The van der Waals surface area contributed by atoms with Gasteiger partial charge in [0.05, 0.1) is 11.0 Å². The summed E-state index contributed by atoms with van der Waals surface area (Å²) in [4.78, 5) is 4.34. The first-order chi connectivity index (χ1) is 14.6. The molecule has 2 aromatic rings. The maximum atomic E-state index is 11.5. The molecule has 31 heavy (non-hydrogen) atoms. The highest BCUT2D eigenvalue weighted by atomic mass is 32.2. The van der Waals surface area contributed by atoms with Crippen LogP contribution in [0.3, 0.4) is 0 Å². The van der Waals surface area contributed by atoms with Crippen molar-refractivity contribution in [3.63, 3.8) is 0 Å². The van der Waals surface area contributed by atoms with Crippen LogP contribution in [-0.4, -0.2) is 27.5 Å². The Hall–Kier alpha value is -2.58. The van der Waals surface area contributed by atoms with Crippen LogP contribution in [0.4, 0.5) is 0 Å². The summed E-state index contributed by atoms with van der Waals surface area (Å²) in [6, 6.07) is 12.7. The average Bonchev–Trinajstić information content (AvgIpc) is 2.68. The van der Waals surface area contributed by atoms with E-state index in [9.17, 15) is 8.42 Å². The summed E-state index contributed by atoms with van der Waals surface area (Å²) in [5.41, 5.74) is 2.98. The van der Waals surface area contributed by atoms with E-state index in [1.165, 1.54) is 6.07 Å². The summed E-state index contributed by atoms with van der Waals surface area (Å²) in [7, 11) is -2.04. The van der Waals surface area contributed by atoms with E-state index in [1.54, 1.807) is 19.2 Å². The summed E-state index contributed by atoms with van der Waals surface area (Å²) in [5, 5.41) is 11.7. The molecule has 0 saturated carbocycles. The second-order valence-corrected chi connectivity index (χ2v) is 9.70. The number of guanidine groups is 1. The Balaban J connectivity index is 2.01. The molecule has 7 nitrogen and oxygen atoms in total. The summed E-state index contributed by atoms with van der Waals surface area (Å²) in [6.07, 6.45) is 1.12. The molecule has 0 heterocycles. The highest BCUT2D eigenvalue weighted by molar-refractivity contribution is 7.89. The highest BCUT2D eigenvalue weighted by Crippen LogP contribution is 2.23. The van der Waals surface area contributed by atoms with E-state index in [2.05, 4.69) is 54.6 Å². The van der Waals surface area contributed by atoms with Crippen molar-refractivity contribution >= 4 is 16.0 Å². The number of nitrogens with one attached hydrogen (secondary N) is 2. The van der Waals surface area contributed by atoms with Gasteiger partial charge in [0, 0.05) is 25.7 Å². The summed E-state index contributed by atoms with van der Waals surface area (Å²) >= 11 is 0. The standard InChI is InChI=1S/C23H34N4O3S/c1-16(2)11-18(4)30-22-12-17(3)9-10-20(22)15-27-23(25-5)26-14-19-7-6-8-21(13-19)31(24,28)29/h6-10,12-13,16,18H,11,14-15H2,1-5H3,(H2,24,28,29)(H2,25,26,27). The van der Waals surface area contributed by atoms with E-state index in [1.807, 2.05) is 13.0 Å². The molecule has 0 radical (unpaired) electrons. The third-order valence-corrected chi connectivity index (χ3v) is 5.62. The third-order valence-electron chi connectivity index (χ3n) is 4.71. The molecule has 0 aliphatic carbocycles. The lowest BCUT2D eigenvalue weighted by Gasteiger charge is -2.20. The largest absolute Gasteiger partial charge is 0.490 e. The molecule has 4 N–H and O–H groups in total. The van der Waals surface area contributed by atoms with Crippen LogP contribution in [0.5, 0.6) is 5.75 Å². The van der Waals surface area contributed by atoms with Gasteiger partial charge in [0.25, 0.3) is 0 Å². The van der Waals surface area contributed by atoms with Gasteiger partial charge in [-0.3, -0.25) is 4.99 Å². The third kappa shape index (κ3) is 8.22. The minimum Gasteiger partial charge on any atom is -0.490 e. The molecule has 0 spiro atoms. The quantitative estimate of drug-likeness (QED) is 0.405. The highest BCUT2D eigenvalue weighted by Gasteiger charge is 2.12. The van der Waals surface area contributed by atoms with Crippen molar-refractivity contribution in [1.82, 2.24) is 10.6 Å². The predicted molar refractivity (Wildman–Crippen MR) is 126 cm³/mol. The normalized spacial score (nSPS) is 13.2.